The van der Waals surface area contributed by atoms with Crippen molar-refractivity contribution in [3.63, 3.8) is 0 Å². The molecule has 7 heteroatoms. The van der Waals surface area contributed by atoms with E-state index in [1.807, 2.05) is 36.5 Å². The molecule has 26 heavy (non-hydrogen) atoms. The van der Waals surface area contributed by atoms with Crippen LogP contribution in [0.15, 0.2) is 42.9 Å². The molecule has 4 heterocycles. The number of para-hydroxylation sites is 2. The lowest BCUT2D eigenvalue weighted by molar-refractivity contribution is 0.398. The fourth-order valence-electron chi connectivity index (χ4n) is 3.79. The Morgan fingerprint density at radius 2 is 1.96 bits per heavy atom. The molecule has 1 aromatic carbocycles. The zero-order valence-electron chi connectivity index (χ0n) is 14.1. The van der Waals surface area contributed by atoms with Gasteiger partial charge in [-0.3, -0.25) is 0 Å². The second-order valence-electron chi connectivity index (χ2n) is 6.72. The van der Waals surface area contributed by atoms with Crippen LogP contribution in [0.3, 0.4) is 0 Å². The molecule has 1 aliphatic heterocycles. The number of nitriles is 1. The molecule has 3 aromatic heterocycles. The minimum Gasteiger partial charge on any atom is -0.356 e. The third-order valence-corrected chi connectivity index (χ3v) is 5.31. The van der Waals surface area contributed by atoms with Gasteiger partial charge in [0, 0.05) is 19.3 Å². The number of anilines is 1. The molecule has 0 aliphatic carbocycles. The topological polar surface area (TPSA) is 97.3 Å². The van der Waals surface area contributed by atoms with Gasteiger partial charge in [-0.1, -0.05) is 12.1 Å². The van der Waals surface area contributed by atoms with Crippen LogP contribution in [0.5, 0.6) is 0 Å². The fourth-order valence-corrected chi connectivity index (χ4v) is 3.79. The summed E-state index contributed by atoms with van der Waals surface area (Å²) in [5.41, 5.74) is 2.14. The molecule has 0 saturated carbocycles. The summed E-state index contributed by atoms with van der Waals surface area (Å²) in [4.78, 5) is 22.1. The first-order valence-electron chi connectivity index (χ1n) is 8.69. The van der Waals surface area contributed by atoms with E-state index < -0.39 is 5.41 Å². The Kier molecular flexibility index (Phi) is 3.19. The summed E-state index contributed by atoms with van der Waals surface area (Å²) in [7, 11) is 0. The normalized spacial score (nSPS) is 16.8. The number of rotatable bonds is 2. The summed E-state index contributed by atoms with van der Waals surface area (Å²) < 4.78 is 0. The molecule has 5 rings (SSSR count). The highest BCUT2D eigenvalue weighted by atomic mass is 15.2. The van der Waals surface area contributed by atoms with Gasteiger partial charge in [0.1, 0.15) is 29.0 Å². The third-order valence-electron chi connectivity index (χ3n) is 5.31. The Morgan fingerprint density at radius 1 is 1.12 bits per heavy atom. The maximum atomic E-state index is 9.96. The van der Waals surface area contributed by atoms with Gasteiger partial charge >= 0.3 is 0 Å². The van der Waals surface area contributed by atoms with Crippen LogP contribution in [0.2, 0.25) is 0 Å². The molecule has 128 valence electrons. The molecule has 0 radical (unpaired) electrons. The lowest BCUT2D eigenvalue weighted by Gasteiger charge is -2.36. The van der Waals surface area contributed by atoms with Crippen LogP contribution in [-0.4, -0.2) is 38.0 Å². The Balaban J connectivity index is 1.46. The number of aromatic amines is 2. The average molecular weight is 343 g/mol. The Hall–Kier alpha value is -3.40. The summed E-state index contributed by atoms with van der Waals surface area (Å²) >= 11 is 0. The van der Waals surface area contributed by atoms with E-state index in [1.54, 1.807) is 6.33 Å². The van der Waals surface area contributed by atoms with Crippen molar-refractivity contribution in [3.05, 3.63) is 48.7 Å². The molecule has 0 amide bonds. The monoisotopic (exact) mass is 343 g/mol. The van der Waals surface area contributed by atoms with E-state index in [-0.39, 0.29) is 0 Å². The van der Waals surface area contributed by atoms with Crippen molar-refractivity contribution >= 4 is 27.9 Å². The predicted molar refractivity (Wildman–Crippen MR) is 98.7 cm³/mol. The maximum absolute atomic E-state index is 9.96. The predicted octanol–water partition coefficient (Wildman–Crippen LogP) is 2.90. The molecule has 7 nitrogen and oxygen atoms in total. The molecule has 1 aliphatic rings. The zero-order chi connectivity index (χ0) is 17.6. The second kappa shape index (κ2) is 5.56. The van der Waals surface area contributed by atoms with Crippen LogP contribution in [0.25, 0.3) is 22.1 Å². The van der Waals surface area contributed by atoms with Crippen molar-refractivity contribution < 1.29 is 0 Å². The number of H-pyrrole nitrogens is 2. The lowest BCUT2D eigenvalue weighted by Crippen LogP contribution is -2.43. The van der Waals surface area contributed by atoms with Gasteiger partial charge in [-0.05, 0) is 31.0 Å². The van der Waals surface area contributed by atoms with Crippen LogP contribution in [0.4, 0.5) is 5.82 Å². The van der Waals surface area contributed by atoms with E-state index in [1.165, 1.54) is 0 Å². The van der Waals surface area contributed by atoms with Gasteiger partial charge in [0.2, 0.25) is 0 Å². The van der Waals surface area contributed by atoms with Crippen molar-refractivity contribution in [1.82, 2.24) is 24.9 Å². The van der Waals surface area contributed by atoms with E-state index >= 15 is 0 Å². The van der Waals surface area contributed by atoms with Gasteiger partial charge in [-0.15, -0.1) is 0 Å². The van der Waals surface area contributed by atoms with Crippen molar-refractivity contribution in [2.45, 2.75) is 18.3 Å². The van der Waals surface area contributed by atoms with E-state index in [9.17, 15) is 5.26 Å². The Morgan fingerprint density at radius 3 is 2.77 bits per heavy atom. The van der Waals surface area contributed by atoms with Crippen LogP contribution < -0.4 is 4.90 Å². The van der Waals surface area contributed by atoms with Crippen LogP contribution in [-0.2, 0) is 5.41 Å². The van der Waals surface area contributed by atoms with Gasteiger partial charge in [-0.2, -0.15) is 5.26 Å². The zero-order valence-corrected chi connectivity index (χ0v) is 14.1. The highest BCUT2D eigenvalue weighted by Crippen LogP contribution is 2.36. The first-order chi connectivity index (χ1) is 12.8. The molecule has 4 aromatic rings. The van der Waals surface area contributed by atoms with Crippen molar-refractivity contribution in [2.75, 3.05) is 18.0 Å². The molecular weight excluding hydrogens is 326 g/mol. The largest absolute Gasteiger partial charge is 0.356 e. The minimum atomic E-state index is -0.584. The van der Waals surface area contributed by atoms with Gasteiger partial charge in [0.25, 0.3) is 0 Å². The van der Waals surface area contributed by atoms with Crippen molar-refractivity contribution in [1.29, 1.82) is 5.26 Å². The van der Waals surface area contributed by atoms with E-state index in [2.05, 4.69) is 30.9 Å². The van der Waals surface area contributed by atoms with Crippen molar-refractivity contribution in [3.8, 4) is 6.07 Å². The molecule has 1 fully saturated rings. The number of hydrogen-bond acceptors (Lipinski definition) is 5. The van der Waals surface area contributed by atoms with E-state index in [4.69, 9.17) is 4.98 Å². The van der Waals surface area contributed by atoms with Crippen LogP contribution >= 0.6 is 0 Å². The number of imidazole rings is 1. The lowest BCUT2D eigenvalue weighted by atomic mass is 9.79. The first kappa shape index (κ1) is 14.9. The first-order valence-corrected chi connectivity index (χ1v) is 8.69. The smallest absolute Gasteiger partial charge is 0.142 e. The highest BCUT2D eigenvalue weighted by Gasteiger charge is 2.39. The van der Waals surface area contributed by atoms with Crippen molar-refractivity contribution in [2.24, 2.45) is 0 Å². The summed E-state index contributed by atoms with van der Waals surface area (Å²) in [6.07, 6.45) is 4.87. The number of fused-ring (bicyclic) bond motifs is 2. The Bertz CT molecular complexity index is 1090. The number of aromatic nitrogens is 5. The van der Waals surface area contributed by atoms with Crippen LogP contribution in [0, 0.1) is 11.3 Å². The van der Waals surface area contributed by atoms with Gasteiger partial charge < -0.3 is 14.9 Å². The summed E-state index contributed by atoms with van der Waals surface area (Å²) in [6, 6.07) is 12.4. The number of piperidine rings is 1. The number of nitrogens with one attached hydrogen (secondary N) is 2. The fraction of sp³-hybridized carbons (Fsp3) is 0.263. The van der Waals surface area contributed by atoms with Gasteiger partial charge in [0.05, 0.1) is 22.5 Å². The van der Waals surface area contributed by atoms with Gasteiger partial charge in [-0.25, -0.2) is 15.0 Å². The second-order valence-corrected chi connectivity index (χ2v) is 6.72. The average Bonchev–Trinajstić information content (AvgIpc) is 3.34. The number of nitrogens with zero attached hydrogens (tertiary/aromatic N) is 5. The van der Waals surface area contributed by atoms with E-state index in [0.29, 0.717) is 12.8 Å². The number of benzene rings is 1. The summed E-state index contributed by atoms with van der Waals surface area (Å²) in [5.74, 6) is 1.70. The SMILES string of the molecule is N#CC1(c2nc3ccccc3[nH]2)CCN(c2ncnc3[nH]ccc23)CC1. The molecular formula is C19H17N7. The maximum Gasteiger partial charge on any atom is 0.142 e. The molecule has 2 N–H and O–H groups in total. The minimum absolute atomic E-state index is 0.584. The molecule has 0 spiro atoms. The highest BCUT2D eigenvalue weighted by molar-refractivity contribution is 5.87. The standard InChI is InChI=1S/C19H17N7/c20-11-19(18-24-14-3-1-2-4-15(14)25-18)6-9-26(10-7-19)17-13-5-8-21-16(13)22-12-23-17/h1-5,8,12H,6-7,9-10H2,(H,24,25)(H,21,22,23). The summed E-state index contributed by atoms with van der Waals surface area (Å²) in [5, 5.41) is 11.0. The van der Waals surface area contributed by atoms with Crippen LogP contribution in [0.1, 0.15) is 18.7 Å². The van der Waals surface area contributed by atoms with E-state index in [0.717, 1.165) is 46.8 Å². The summed E-state index contributed by atoms with van der Waals surface area (Å²) in [6.45, 7) is 1.50. The molecule has 1 saturated heterocycles. The molecule has 0 bridgehead atoms. The van der Waals surface area contributed by atoms with Gasteiger partial charge in [0.15, 0.2) is 0 Å². The number of hydrogen-bond donors (Lipinski definition) is 2. The quantitative estimate of drug-likeness (QED) is 0.583. The molecule has 0 atom stereocenters. The Labute approximate surface area is 149 Å². The third kappa shape index (κ3) is 2.15. The molecule has 0 unspecified atom stereocenters.